The Bertz CT molecular complexity index is 374. The van der Waals surface area contributed by atoms with Crippen LogP contribution in [0.15, 0.2) is 23.6 Å². The van der Waals surface area contributed by atoms with E-state index in [1.165, 1.54) is 0 Å². The first-order valence-electron chi connectivity index (χ1n) is 5.64. The molecule has 1 unspecified atom stereocenters. The van der Waals surface area contributed by atoms with Crippen LogP contribution in [0.3, 0.4) is 0 Å². The van der Waals surface area contributed by atoms with Crippen LogP contribution in [-0.2, 0) is 0 Å². The van der Waals surface area contributed by atoms with Crippen LogP contribution in [0, 0.1) is 11.3 Å². The maximum Gasteiger partial charge on any atom is 0.187 e. The fraction of sp³-hybridized carbons (Fsp3) is 0.583. The van der Waals surface area contributed by atoms with Gasteiger partial charge in [-0.1, -0.05) is 11.8 Å². The molecule has 0 radical (unpaired) electrons. The van der Waals surface area contributed by atoms with Gasteiger partial charge in [0.15, 0.2) is 5.16 Å². The van der Waals surface area contributed by atoms with Crippen LogP contribution in [0.2, 0.25) is 0 Å². The molecule has 0 aliphatic carbocycles. The van der Waals surface area contributed by atoms with Gasteiger partial charge >= 0.3 is 0 Å². The molecule has 0 bridgehead atoms. The second kappa shape index (κ2) is 6.58. The summed E-state index contributed by atoms with van der Waals surface area (Å²) in [5.41, 5.74) is -0.476. The molecule has 1 aromatic heterocycles. The predicted molar refractivity (Wildman–Crippen MR) is 69.7 cm³/mol. The van der Waals surface area contributed by atoms with Crippen molar-refractivity contribution >= 4 is 11.8 Å². The van der Waals surface area contributed by atoms with E-state index in [1.807, 2.05) is 20.8 Å². The van der Waals surface area contributed by atoms with E-state index in [1.54, 1.807) is 30.2 Å². The summed E-state index contributed by atoms with van der Waals surface area (Å²) >= 11 is 1.58. The highest BCUT2D eigenvalue weighted by Crippen LogP contribution is 2.18. The van der Waals surface area contributed by atoms with Crippen LogP contribution >= 0.6 is 11.8 Å². The first-order chi connectivity index (χ1) is 8.06. The Labute approximate surface area is 107 Å². The maximum atomic E-state index is 9.18. The predicted octanol–water partition coefficient (Wildman–Crippen LogP) is 2.24. The fourth-order valence-corrected chi connectivity index (χ4v) is 2.47. The largest absolute Gasteiger partial charge is 0.297 e. The molecular weight excluding hydrogens is 232 g/mol. The zero-order chi connectivity index (χ0) is 12.7. The molecule has 0 spiro atoms. The van der Waals surface area contributed by atoms with Crippen LogP contribution in [0.1, 0.15) is 27.2 Å². The number of hydrogen-bond acceptors (Lipinski definition) is 5. The molecule has 0 saturated carbocycles. The number of thioether (sulfide) groups is 1. The Balaban J connectivity index is 2.41. The van der Waals surface area contributed by atoms with E-state index < -0.39 is 5.54 Å². The molecule has 0 fully saturated rings. The highest BCUT2D eigenvalue weighted by molar-refractivity contribution is 7.99. The molecule has 1 atom stereocenters. The number of nitrogens with one attached hydrogen (secondary N) is 1. The van der Waals surface area contributed by atoms with Gasteiger partial charge in [-0.3, -0.25) is 5.32 Å². The monoisotopic (exact) mass is 250 g/mol. The van der Waals surface area contributed by atoms with Gasteiger partial charge in [-0.2, -0.15) is 5.26 Å². The van der Waals surface area contributed by atoms with Gasteiger partial charge in [0, 0.05) is 24.2 Å². The third kappa shape index (κ3) is 5.16. The van der Waals surface area contributed by atoms with Crippen LogP contribution < -0.4 is 5.32 Å². The molecule has 0 amide bonds. The van der Waals surface area contributed by atoms with Gasteiger partial charge in [-0.25, -0.2) is 9.97 Å². The van der Waals surface area contributed by atoms with Crippen molar-refractivity contribution in [1.29, 1.82) is 5.26 Å². The molecule has 1 aromatic rings. The number of nitrogens with zero attached hydrogens (tertiary/aromatic N) is 3. The quantitative estimate of drug-likeness (QED) is 0.619. The van der Waals surface area contributed by atoms with Crippen molar-refractivity contribution in [2.75, 3.05) is 5.75 Å². The Morgan fingerprint density at radius 3 is 2.65 bits per heavy atom. The lowest BCUT2D eigenvalue weighted by atomic mass is 10.0. The lowest BCUT2D eigenvalue weighted by Gasteiger charge is -2.25. The van der Waals surface area contributed by atoms with Crippen LogP contribution in [0.4, 0.5) is 0 Å². The molecule has 0 aliphatic rings. The normalized spacial score (nSPS) is 14.3. The zero-order valence-corrected chi connectivity index (χ0v) is 11.3. The van der Waals surface area contributed by atoms with Gasteiger partial charge < -0.3 is 0 Å². The van der Waals surface area contributed by atoms with Gasteiger partial charge in [-0.15, -0.1) is 0 Å². The second-order valence-electron chi connectivity index (χ2n) is 4.37. The van der Waals surface area contributed by atoms with Crippen LogP contribution in [0.5, 0.6) is 0 Å². The molecule has 0 saturated heterocycles. The Morgan fingerprint density at radius 2 is 2.12 bits per heavy atom. The van der Waals surface area contributed by atoms with Crippen molar-refractivity contribution in [1.82, 2.24) is 15.3 Å². The third-order valence-corrected chi connectivity index (χ3v) is 3.11. The van der Waals surface area contributed by atoms with E-state index in [9.17, 15) is 5.26 Å². The highest BCUT2D eigenvalue weighted by atomic mass is 32.2. The molecule has 5 heteroatoms. The number of rotatable bonds is 6. The van der Waals surface area contributed by atoms with Crippen molar-refractivity contribution in [3.63, 3.8) is 0 Å². The summed E-state index contributed by atoms with van der Waals surface area (Å²) in [5.74, 6) is 0.827. The second-order valence-corrected chi connectivity index (χ2v) is 5.43. The molecule has 17 heavy (non-hydrogen) atoms. The number of aromatic nitrogens is 2. The van der Waals surface area contributed by atoms with Crippen molar-refractivity contribution in [2.45, 2.75) is 43.9 Å². The van der Waals surface area contributed by atoms with E-state index in [2.05, 4.69) is 21.4 Å². The van der Waals surface area contributed by atoms with E-state index in [4.69, 9.17) is 0 Å². The van der Waals surface area contributed by atoms with Gasteiger partial charge in [0.05, 0.1) is 6.07 Å². The Kier molecular flexibility index (Phi) is 5.39. The summed E-state index contributed by atoms with van der Waals surface area (Å²) in [6.45, 7) is 6.02. The first kappa shape index (κ1) is 13.9. The van der Waals surface area contributed by atoms with Crippen molar-refractivity contribution in [3.05, 3.63) is 18.5 Å². The summed E-state index contributed by atoms with van der Waals surface area (Å²) in [5, 5.41) is 13.2. The average molecular weight is 250 g/mol. The van der Waals surface area contributed by atoms with Gasteiger partial charge in [0.25, 0.3) is 0 Å². The fourth-order valence-electron chi connectivity index (χ4n) is 1.50. The van der Waals surface area contributed by atoms with Gasteiger partial charge in [0.2, 0.25) is 0 Å². The molecule has 1 heterocycles. The first-order valence-corrected chi connectivity index (χ1v) is 6.63. The standard InChI is InChI=1S/C12H18N4S/c1-10(2)16-12(3,9-13)5-8-17-11-14-6-4-7-15-11/h4,6-7,10,16H,5,8H2,1-3H3. The highest BCUT2D eigenvalue weighted by Gasteiger charge is 2.23. The molecule has 4 nitrogen and oxygen atoms in total. The molecule has 0 aliphatic heterocycles. The van der Waals surface area contributed by atoms with Crippen molar-refractivity contribution in [2.24, 2.45) is 0 Å². The Hall–Kier alpha value is -1.12. The zero-order valence-electron chi connectivity index (χ0n) is 10.5. The molecule has 1 N–H and O–H groups in total. The summed E-state index contributed by atoms with van der Waals surface area (Å²) < 4.78 is 0. The minimum absolute atomic E-state index is 0.303. The molecule has 0 aromatic carbocycles. The lowest BCUT2D eigenvalue weighted by Crippen LogP contribution is -2.45. The van der Waals surface area contributed by atoms with Crippen LogP contribution in [-0.4, -0.2) is 27.3 Å². The van der Waals surface area contributed by atoms with E-state index in [0.717, 1.165) is 17.3 Å². The summed E-state index contributed by atoms with van der Waals surface area (Å²) in [6.07, 6.45) is 4.22. The van der Waals surface area contributed by atoms with E-state index >= 15 is 0 Å². The SMILES string of the molecule is CC(C)NC(C)(C#N)CCSc1ncccn1. The van der Waals surface area contributed by atoms with E-state index in [-0.39, 0.29) is 0 Å². The topological polar surface area (TPSA) is 61.6 Å². The minimum atomic E-state index is -0.476. The summed E-state index contributed by atoms with van der Waals surface area (Å²) in [4.78, 5) is 8.27. The van der Waals surface area contributed by atoms with Crippen molar-refractivity contribution < 1.29 is 0 Å². The average Bonchev–Trinajstić information content (AvgIpc) is 2.29. The maximum absolute atomic E-state index is 9.18. The Morgan fingerprint density at radius 1 is 1.47 bits per heavy atom. The third-order valence-electron chi connectivity index (χ3n) is 2.23. The molecule has 1 rings (SSSR count). The van der Waals surface area contributed by atoms with Gasteiger partial charge in [0.1, 0.15) is 5.54 Å². The van der Waals surface area contributed by atoms with E-state index in [0.29, 0.717) is 6.04 Å². The molecule has 92 valence electrons. The smallest absolute Gasteiger partial charge is 0.187 e. The number of nitriles is 1. The van der Waals surface area contributed by atoms with Crippen LogP contribution in [0.25, 0.3) is 0 Å². The summed E-state index contributed by atoms with van der Waals surface area (Å²) in [6, 6.07) is 4.43. The van der Waals surface area contributed by atoms with Gasteiger partial charge in [-0.05, 0) is 33.3 Å². The van der Waals surface area contributed by atoms with Crippen molar-refractivity contribution in [3.8, 4) is 6.07 Å². The summed E-state index contributed by atoms with van der Waals surface area (Å²) in [7, 11) is 0. The minimum Gasteiger partial charge on any atom is -0.297 e. The lowest BCUT2D eigenvalue weighted by molar-refractivity contribution is 0.397. The number of hydrogen-bond donors (Lipinski definition) is 1. The molecular formula is C12H18N4S.